The second-order valence-corrected chi connectivity index (χ2v) is 11.3. The summed E-state index contributed by atoms with van der Waals surface area (Å²) >= 11 is 0. The van der Waals surface area contributed by atoms with Crippen LogP contribution in [0, 0.1) is 23.2 Å². The third kappa shape index (κ3) is 3.30. The van der Waals surface area contributed by atoms with Crippen molar-refractivity contribution in [3.05, 3.63) is 23.8 Å². The predicted molar refractivity (Wildman–Crippen MR) is 110 cm³/mol. The van der Waals surface area contributed by atoms with Gasteiger partial charge in [-0.3, -0.25) is 9.69 Å². The Morgan fingerprint density at radius 1 is 1.38 bits per heavy atom. The molecule has 0 unspecified atom stereocenters. The maximum Gasteiger partial charge on any atom is 0.573 e. The van der Waals surface area contributed by atoms with E-state index in [1.54, 1.807) is 13.0 Å². The number of carbonyl (C=O) groups is 1. The number of amides is 1. The fraction of sp³-hybridized carbons (Fsp3) is 0.619. The van der Waals surface area contributed by atoms with Crippen LogP contribution in [0.4, 0.5) is 18.9 Å². The molecule has 0 saturated carbocycles. The van der Waals surface area contributed by atoms with Crippen molar-refractivity contribution in [2.75, 3.05) is 17.3 Å². The Hall–Kier alpha value is -2.40. The molecule has 4 heterocycles. The number of nitrogens with zero attached hydrogens (tertiary/aromatic N) is 2. The predicted octanol–water partition coefficient (Wildman–Crippen LogP) is 2.02. The van der Waals surface area contributed by atoms with Gasteiger partial charge in [0.2, 0.25) is 15.9 Å². The average Bonchev–Trinajstić information content (AvgIpc) is 3.30. The van der Waals surface area contributed by atoms with Crippen molar-refractivity contribution in [3.8, 4) is 11.8 Å². The minimum Gasteiger partial charge on any atom is -0.404 e. The zero-order chi connectivity index (χ0) is 24.7. The molecule has 5 rings (SSSR count). The highest BCUT2D eigenvalue weighted by Crippen LogP contribution is 2.65. The van der Waals surface area contributed by atoms with E-state index in [-0.39, 0.29) is 35.9 Å². The van der Waals surface area contributed by atoms with Gasteiger partial charge in [0.05, 0.1) is 46.8 Å². The third-order valence-electron chi connectivity index (χ3n) is 7.34. The van der Waals surface area contributed by atoms with Gasteiger partial charge in [-0.1, -0.05) is 0 Å². The number of nitriles is 1. The summed E-state index contributed by atoms with van der Waals surface area (Å²) < 4.78 is 82.4. The Balaban J connectivity index is 1.55. The fourth-order valence-electron chi connectivity index (χ4n) is 6.12. The van der Waals surface area contributed by atoms with E-state index in [1.165, 1.54) is 17.9 Å². The number of fused-ring (bicyclic) bond motifs is 2. The van der Waals surface area contributed by atoms with Crippen molar-refractivity contribution in [3.63, 3.8) is 0 Å². The van der Waals surface area contributed by atoms with E-state index < -0.39 is 57.4 Å². The van der Waals surface area contributed by atoms with E-state index >= 15 is 0 Å². The lowest BCUT2D eigenvalue weighted by Gasteiger charge is -2.45. The molecule has 6 atom stereocenters. The van der Waals surface area contributed by atoms with Crippen LogP contribution in [0.1, 0.15) is 32.3 Å². The molecule has 0 aromatic heterocycles. The Morgan fingerprint density at radius 3 is 2.76 bits per heavy atom. The van der Waals surface area contributed by atoms with Gasteiger partial charge in [-0.2, -0.15) is 5.26 Å². The van der Waals surface area contributed by atoms with Gasteiger partial charge in [0.1, 0.15) is 18.0 Å². The van der Waals surface area contributed by atoms with Crippen LogP contribution in [0.5, 0.6) is 5.75 Å². The second-order valence-electron chi connectivity index (χ2n) is 9.21. The minimum atomic E-state index is -5.02. The first kappa shape index (κ1) is 23.3. The molecule has 1 aromatic carbocycles. The molecule has 1 amide bonds. The maximum atomic E-state index is 13.6. The van der Waals surface area contributed by atoms with Crippen LogP contribution in [0.15, 0.2) is 18.2 Å². The van der Waals surface area contributed by atoms with Crippen LogP contribution in [-0.2, 0) is 24.3 Å². The molecule has 184 valence electrons. The van der Waals surface area contributed by atoms with Gasteiger partial charge in [-0.05, 0) is 32.4 Å². The number of carbonyl (C=O) groups excluding carboxylic acids is 1. The molecule has 4 saturated heterocycles. The molecule has 0 radical (unpaired) electrons. The summed E-state index contributed by atoms with van der Waals surface area (Å²) in [6, 6.07) is 4.61. The zero-order valence-corrected chi connectivity index (χ0v) is 19.1. The molecule has 1 N–H and O–H groups in total. The highest BCUT2D eigenvalue weighted by molar-refractivity contribution is 7.89. The van der Waals surface area contributed by atoms with E-state index in [0.29, 0.717) is 6.42 Å². The fourth-order valence-corrected chi connectivity index (χ4v) is 7.00. The molecule has 1 aromatic rings. The van der Waals surface area contributed by atoms with Gasteiger partial charge in [0.15, 0.2) is 0 Å². The number of nitrogens with one attached hydrogen (secondary N) is 1. The molecule has 9 nitrogen and oxygen atoms in total. The van der Waals surface area contributed by atoms with Crippen molar-refractivity contribution in [1.82, 2.24) is 4.72 Å². The zero-order valence-electron chi connectivity index (χ0n) is 18.3. The van der Waals surface area contributed by atoms with E-state index in [2.05, 4.69) is 9.46 Å². The molecule has 4 aliphatic rings. The van der Waals surface area contributed by atoms with Gasteiger partial charge in [-0.15, -0.1) is 13.2 Å². The summed E-state index contributed by atoms with van der Waals surface area (Å²) in [5.74, 6) is -2.41. The highest BCUT2D eigenvalue weighted by Gasteiger charge is 2.78. The minimum absolute atomic E-state index is 0.0911. The number of anilines is 1. The van der Waals surface area contributed by atoms with Crippen LogP contribution >= 0.6 is 0 Å². The van der Waals surface area contributed by atoms with Crippen molar-refractivity contribution in [2.24, 2.45) is 11.8 Å². The third-order valence-corrected chi connectivity index (χ3v) is 8.75. The van der Waals surface area contributed by atoms with Gasteiger partial charge in [-0.25, -0.2) is 13.1 Å². The molecule has 4 fully saturated rings. The summed E-state index contributed by atoms with van der Waals surface area (Å²) in [5, 5.41) is 9.17. The van der Waals surface area contributed by atoms with E-state index in [1.807, 2.05) is 0 Å². The van der Waals surface area contributed by atoms with Crippen molar-refractivity contribution < 1.29 is 40.6 Å². The van der Waals surface area contributed by atoms with E-state index in [9.17, 15) is 31.6 Å². The second kappa shape index (κ2) is 7.30. The number of alkyl halides is 3. The van der Waals surface area contributed by atoms with Gasteiger partial charge in [0.25, 0.3) is 0 Å². The van der Waals surface area contributed by atoms with Crippen LogP contribution < -0.4 is 14.4 Å². The van der Waals surface area contributed by atoms with Crippen molar-refractivity contribution >= 4 is 21.6 Å². The van der Waals surface area contributed by atoms with Crippen molar-refractivity contribution in [2.45, 2.75) is 56.5 Å². The van der Waals surface area contributed by atoms with E-state index in [4.69, 9.17) is 9.47 Å². The Kier molecular flexibility index (Phi) is 5.01. The number of rotatable bonds is 5. The molecular weight excluding hydrogens is 479 g/mol. The lowest BCUT2D eigenvalue weighted by molar-refractivity contribution is -0.274. The Labute approximate surface area is 193 Å². The van der Waals surface area contributed by atoms with Gasteiger partial charge >= 0.3 is 6.36 Å². The lowest BCUT2D eigenvalue weighted by atomic mass is 9.64. The smallest absolute Gasteiger partial charge is 0.404 e. The van der Waals surface area contributed by atoms with Crippen LogP contribution in [-0.4, -0.2) is 56.5 Å². The van der Waals surface area contributed by atoms with Gasteiger partial charge < -0.3 is 14.2 Å². The summed E-state index contributed by atoms with van der Waals surface area (Å²) in [5.41, 5.74) is -2.19. The monoisotopic (exact) mass is 501 g/mol. The van der Waals surface area contributed by atoms with Crippen molar-refractivity contribution in [1.29, 1.82) is 5.26 Å². The summed E-state index contributed by atoms with van der Waals surface area (Å²) in [6.45, 7) is 3.45. The Morgan fingerprint density at radius 2 is 2.12 bits per heavy atom. The number of sulfonamides is 1. The molecule has 34 heavy (non-hydrogen) atoms. The number of benzene rings is 1. The number of ether oxygens (including phenoxy) is 3. The number of hydrogen-bond donors (Lipinski definition) is 1. The van der Waals surface area contributed by atoms with E-state index in [0.717, 1.165) is 12.1 Å². The summed E-state index contributed by atoms with van der Waals surface area (Å²) in [6.07, 6.45) is -5.23. The Bertz CT molecular complexity index is 1200. The molecule has 4 aliphatic heterocycles. The summed E-state index contributed by atoms with van der Waals surface area (Å²) in [4.78, 5) is 14.9. The highest BCUT2D eigenvalue weighted by atomic mass is 32.2. The SMILES string of the molecule is CCS(=O)(=O)N[C@H]1C[C@@]2(C)O[C@@]13CCO[C@H]1[C@@H]3[C@@H]2C(=O)N1c1ccc(C#N)c(OC(F)(F)F)c1. The molecule has 0 aliphatic carbocycles. The maximum absolute atomic E-state index is 13.6. The number of halogens is 3. The van der Waals surface area contributed by atoms with Gasteiger partial charge in [0, 0.05) is 18.4 Å². The first-order chi connectivity index (χ1) is 15.8. The average molecular weight is 501 g/mol. The van der Waals surface area contributed by atoms with Crippen LogP contribution in [0.2, 0.25) is 0 Å². The first-order valence-corrected chi connectivity index (χ1v) is 12.4. The normalized spacial score (nSPS) is 36.5. The van der Waals surface area contributed by atoms with Crippen LogP contribution in [0.25, 0.3) is 0 Å². The molecule has 1 spiro atoms. The lowest BCUT2D eigenvalue weighted by Crippen LogP contribution is -2.61. The largest absolute Gasteiger partial charge is 0.573 e. The first-order valence-electron chi connectivity index (χ1n) is 10.8. The van der Waals surface area contributed by atoms with Crippen LogP contribution in [0.3, 0.4) is 0 Å². The molecule has 13 heteroatoms. The summed E-state index contributed by atoms with van der Waals surface area (Å²) in [7, 11) is -3.56. The molecular formula is C21H22F3N3O6S. The molecule has 2 bridgehead atoms. The standard InChI is InChI=1S/C21H22F3N3O6S/c1-3-34(29,30)26-14-9-19(2)15-16-18(31-7-6-20(14,16)33-19)27(17(15)28)12-5-4-11(10-25)13(8-12)32-21(22,23)24/h4-5,8,14-16,18,26H,3,6-7,9H2,1-2H3/t14-,15+,16-,18-,19+,20-/m0/s1. The quantitative estimate of drug-likeness (QED) is 0.656. The topological polar surface area (TPSA) is 118 Å². The number of hydrogen-bond acceptors (Lipinski definition) is 7.